The third-order valence-electron chi connectivity index (χ3n) is 4.46. The van der Waals surface area contributed by atoms with E-state index in [0.29, 0.717) is 6.54 Å². The lowest BCUT2D eigenvalue weighted by molar-refractivity contribution is 0.626. The van der Waals surface area contributed by atoms with Crippen molar-refractivity contribution in [3.8, 4) is 0 Å². The summed E-state index contributed by atoms with van der Waals surface area (Å²) in [7, 11) is 0. The molecule has 4 rings (SSSR count). The maximum Gasteiger partial charge on any atom is 0.262 e. The number of nitrogens with zero attached hydrogens (tertiary/aromatic N) is 2. The van der Waals surface area contributed by atoms with Crippen molar-refractivity contribution < 1.29 is 4.39 Å². The molecule has 0 saturated carbocycles. The minimum absolute atomic E-state index is 0.0266. The summed E-state index contributed by atoms with van der Waals surface area (Å²) in [5, 5.41) is 0.802. The number of thiophene rings is 1. The van der Waals surface area contributed by atoms with Gasteiger partial charge in [-0.2, -0.15) is 0 Å². The van der Waals surface area contributed by atoms with Crippen molar-refractivity contribution >= 4 is 21.6 Å². The molecule has 2 heterocycles. The Bertz CT molecular complexity index is 911. The van der Waals surface area contributed by atoms with Crippen molar-refractivity contribution in [2.75, 3.05) is 0 Å². The van der Waals surface area contributed by atoms with E-state index in [0.717, 1.165) is 35.0 Å². The highest BCUT2D eigenvalue weighted by Crippen LogP contribution is 2.32. The van der Waals surface area contributed by atoms with E-state index in [2.05, 4.69) is 4.98 Å². The molecule has 0 amide bonds. The van der Waals surface area contributed by atoms with E-state index >= 15 is 0 Å². The van der Waals surface area contributed by atoms with E-state index in [9.17, 15) is 9.18 Å². The molecule has 0 aliphatic heterocycles. The summed E-state index contributed by atoms with van der Waals surface area (Å²) >= 11 is 1.67. The number of halogens is 1. The Labute approximate surface area is 137 Å². The maximum absolute atomic E-state index is 13.0. The molecular weight excluding hydrogens is 311 g/mol. The fourth-order valence-electron chi connectivity index (χ4n) is 3.26. The number of hydrogen-bond donors (Lipinski definition) is 0. The summed E-state index contributed by atoms with van der Waals surface area (Å²) in [4.78, 5) is 19.6. The molecule has 0 N–H and O–H groups in total. The zero-order valence-electron chi connectivity index (χ0n) is 12.7. The monoisotopic (exact) mass is 328 g/mol. The largest absolute Gasteiger partial charge is 0.294 e. The highest BCUT2D eigenvalue weighted by molar-refractivity contribution is 7.18. The predicted molar refractivity (Wildman–Crippen MR) is 90.6 cm³/mol. The minimum atomic E-state index is -0.266. The lowest BCUT2D eigenvalue weighted by Gasteiger charge is -2.06. The second-order valence-corrected chi connectivity index (χ2v) is 7.13. The topological polar surface area (TPSA) is 34.9 Å². The van der Waals surface area contributed by atoms with Crippen LogP contribution in [0, 0.1) is 5.82 Å². The molecule has 5 heteroatoms. The van der Waals surface area contributed by atoms with Gasteiger partial charge in [-0.1, -0.05) is 18.6 Å². The Kier molecular flexibility index (Phi) is 3.73. The summed E-state index contributed by atoms with van der Waals surface area (Å²) in [6.45, 7) is 0.423. The van der Waals surface area contributed by atoms with Gasteiger partial charge in [0.1, 0.15) is 10.6 Å². The standard InChI is InChI=1S/C18H17FN2OS/c19-13-8-6-12(7-9-13)10-21-11-20-17-16(18(21)22)14-4-2-1-3-5-15(14)23-17/h6-9,11H,1-5,10H2. The first-order chi connectivity index (χ1) is 11.2. The van der Waals surface area contributed by atoms with E-state index < -0.39 is 0 Å². The molecule has 3 nitrogen and oxygen atoms in total. The molecule has 0 spiro atoms. The van der Waals surface area contributed by atoms with Gasteiger partial charge in [0.05, 0.1) is 18.3 Å². The maximum atomic E-state index is 13.0. The molecular formula is C18H17FN2OS. The summed E-state index contributed by atoms with van der Waals surface area (Å²) in [6, 6.07) is 6.26. The fourth-order valence-corrected chi connectivity index (χ4v) is 4.48. The van der Waals surface area contributed by atoms with Crippen LogP contribution in [0.3, 0.4) is 0 Å². The van der Waals surface area contributed by atoms with Gasteiger partial charge in [-0.25, -0.2) is 9.37 Å². The molecule has 3 aromatic rings. The predicted octanol–water partition coefficient (Wildman–Crippen LogP) is 3.91. The van der Waals surface area contributed by atoms with Crippen molar-refractivity contribution in [3.05, 3.63) is 62.8 Å². The number of fused-ring (bicyclic) bond motifs is 3. The van der Waals surface area contributed by atoms with Gasteiger partial charge < -0.3 is 0 Å². The highest BCUT2D eigenvalue weighted by atomic mass is 32.1. The van der Waals surface area contributed by atoms with Crippen molar-refractivity contribution in [2.45, 2.75) is 38.6 Å². The van der Waals surface area contributed by atoms with E-state index in [1.165, 1.54) is 35.4 Å². The number of rotatable bonds is 2. The molecule has 0 radical (unpaired) electrons. The van der Waals surface area contributed by atoms with Crippen LogP contribution in [-0.2, 0) is 19.4 Å². The zero-order valence-corrected chi connectivity index (χ0v) is 13.5. The van der Waals surface area contributed by atoms with E-state index in [1.807, 2.05) is 0 Å². The molecule has 0 unspecified atom stereocenters. The zero-order chi connectivity index (χ0) is 15.8. The van der Waals surface area contributed by atoms with Crippen LogP contribution in [0.5, 0.6) is 0 Å². The number of benzene rings is 1. The Morgan fingerprint density at radius 2 is 1.91 bits per heavy atom. The van der Waals surface area contributed by atoms with Crippen molar-refractivity contribution in [1.82, 2.24) is 9.55 Å². The molecule has 1 aliphatic rings. The van der Waals surface area contributed by atoms with Crippen molar-refractivity contribution in [3.63, 3.8) is 0 Å². The molecule has 0 atom stereocenters. The van der Waals surface area contributed by atoms with E-state index in [-0.39, 0.29) is 11.4 Å². The second kappa shape index (κ2) is 5.89. The van der Waals surface area contributed by atoms with Crippen LogP contribution in [0.1, 0.15) is 35.3 Å². The Balaban J connectivity index is 1.79. The molecule has 1 aromatic carbocycles. The first-order valence-electron chi connectivity index (χ1n) is 7.96. The Hall–Kier alpha value is -2.01. The van der Waals surface area contributed by atoms with Crippen molar-refractivity contribution in [1.29, 1.82) is 0 Å². The lowest BCUT2D eigenvalue weighted by atomic mass is 10.1. The molecule has 118 valence electrons. The fraction of sp³-hybridized carbons (Fsp3) is 0.333. The third kappa shape index (κ3) is 2.70. The van der Waals surface area contributed by atoms with Crippen LogP contribution >= 0.6 is 11.3 Å². The van der Waals surface area contributed by atoms with Gasteiger partial charge in [0.2, 0.25) is 0 Å². The Morgan fingerprint density at radius 1 is 1.13 bits per heavy atom. The van der Waals surface area contributed by atoms with Gasteiger partial charge in [-0.3, -0.25) is 9.36 Å². The normalized spacial score (nSPS) is 14.7. The minimum Gasteiger partial charge on any atom is -0.294 e. The van der Waals surface area contributed by atoms with Crippen LogP contribution < -0.4 is 5.56 Å². The SMILES string of the molecule is O=c1c2c3c(sc2ncn1Cc1ccc(F)cc1)CCCCC3. The second-order valence-electron chi connectivity index (χ2n) is 6.05. The molecule has 0 bridgehead atoms. The lowest BCUT2D eigenvalue weighted by Crippen LogP contribution is -2.21. The first kappa shape index (κ1) is 14.6. The number of aryl methyl sites for hydroxylation is 2. The molecule has 1 aliphatic carbocycles. The van der Waals surface area contributed by atoms with Crippen molar-refractivity contribution in [2.24, 2.45) is 0 Å². The van der Waals surface area contributed by atoms with Gasteiger partial charge in [0, 0.05) is 4.88 Å². The molecule has 0 fully saturated rings. The number of aromatic nitrogens is 2. The molecule has 23 heavy (non-hydrogen) atoms. The summed E-state index contributed by atoms with van der Waals surface area (Å²) in [5.74, 6) is -0.266. The van der Waals surface area contributed by atoms with Gasteiger partial charge in [-0.05, 0) is 48.9 Å². The Morgan fingerprint density at radius 3 is 2.74 bits per heavy atom. The summed E-state index contributed by atoms with van der Waals surface area (Å²) in [5.41, 5.74) is 2.14. The van der Waals surface area contributed by atoms with Crippen LogP contribution in [0.2, 0.25) is 0 Å². The molecule has 0 saturated heterocycles. The highest BCUT2D eigenvalue weighted by Gasteiger charge is 2.19. The van der Waals surface area contributed by atoms with Crippen LogP contribution in [0.25, 0.3) is 10.2 Å². The average Bonchev–Trinajstić information content (AvgIpc) is 2.75. The quantitative estimate of drug-likeness (QED) is 0.669. The number of hydrogen-bond acceptors (Lipinski definition) is 3. The van der Waals surface area contributed by atoms with Crippen LogP contribution in [-0.4, -0.2) is 9.55 Å². The van der Waals surface area contributed by atoms with Gasteiger partial charge in [0.25, 0.3) is 5.56 Å². The van der Waals surface area contributed by atoms with E-state index in [4.69, 9.17) is 0 Å². The molecule has 2 aromatic heterocycles. The van der Waals surface area contributed by atoms with Gasteiger partial charge in [-0.15, -0.1) is 11.3 Å². The summed E-state index contributed by atoms with van der Waals surface area (Å²) in [6.07, 6.45) is 7.23. The van der Waals surface area contributed by atoms with Crippen LogP contribution in [0.15, 0.2) is 35.4 Å². The summed E-state index contributed by atoms with van der Waals surface area (Å²) < 4.78 is 14.7. The van der Waals surface area contributed by atoms with Crippen LogP contribution in [0.4, 0.5) is 4.39 Å². The third-order valence-corrected chi connectivity index (χ3v) is 5.66. The average molecular weight is 328 g/mol. The van der Waals surface area contributed by atoms with Gasteiger partial charge in [0.15, 0.2) is 0 Å². The van der Waals surface area contributed by atoms with E-state index in [1.54, 1.807) is 34.4 Å². The van der Waals surface area contributed by atoms with Gasteiger partial charge >= 0.3 is 0 Å². The first-order valence-corrected chi connectivity index (χ1v) is 8.78. The smallest absolute Gasteiger partial charge is 0.262 e.